The van der Waals surface area contributed by atoms with E-state index in [1.54, 1.807) is 6.20 Å². The molecule has 1 aliphatic heterocycles. The van der Waals surface area contributed by atoms with Gasteiger partial charge in [-0.05, 0) is 49.9 Å². The lowest BCUT2D eigenvalue weighted by atomic mass is 10.1. The van der Waals surface area contributed by atoms with Gasteiger partial charge in [0, 0.05) is 39.1 Å². The fourth-order valence-corrected chi connectivity index (χ4v) is 3.49. The van der Waals surface area contributed by atoms with Gasteiger partial charge < -0.3 is 19.9 Å². The van der Waals surface area contributed by atoms with Gasteiger partial charge in [-0.25, -0.2) is 9.67 Å². The summed E-state index contributed by atoms with van der Waals surface area (Å²) in [5.74, 6) is 2.49. The smallest absolute Gasteiger partial charge is 0.191 e. The summed E-state index contributed by atoms with van der Waals surface area (Å²) in [5.41, 5.74) is 2.31. The van der Waals surface area contributed by atoms with E-state index in [1.165, 1.54) is 5.56 Å². The summed E-state index contributed by atoms with van der Waals surface area (Å²) in [6, 6.07) is 10.4. The Kier molecular flexibility index (Phi) is 6.93. The van der Waals surface area contributed by atoms with Crippen LogP contribution in [-0.2, 0) is 24.8 Å². The number of ether oxygens (including phenoxy) is 1. The number of nitrogens with one attached hydrogen (secondary N) is 2. The van der Waals surface area contributed by atoms with Crippen LogP contribution in [-0.4, -0.2) is 56.3 Å². The molecule has 0 aliphatic carbocycles. The molecule has 3 heterocycles. The molecule has 31 heavy (non-hydrogen) atoms. The maximum absolute atomic E-state index is 5.73. The molecule has 9 heteroatoms. The molecule has 9 nitrogen and oxygen atoms in total. The summed E-state index contributed by atoms with van der Waals surface area (Å²) in [7, 11) is 1.96. The lowest BCUT2D eigenvalue weighted by Gasteiger charge is -2.16. The highest BCUT2D eigenvalue weighted by Gasteiger charge is 2.15. The van der Waals surface area contributed by atoms with Crippen LogP contribution >= 0.6 is 0 Å². The van der Waals surface area contributed by atoms with Crippen LogP contribution in [0.5, 0.6) is 0 Å². The third-order valence-corrected chi connectivity index (χ3v) is 5.49. The molecule has 1 aromatic carbocycles. The molecular weight excluding hydrogens is 392 g/mol. The van der Waals surface area contributed by atoms with Gasteiger partial charge in [-0.3, -0.25) is 0 Å². The molecule has 1 unspecified atom stereocenters. The van der Waals surface area contributed by atoms with Crippen molar-refractivity contribution in [3.63, 3.8) is 0 Å². The first-order valence-corrected chi connectivity index (χ1v) is 10.8. The molecule has 1 aliphatic rings. The predicted molar refractivity (Wildman–Crippen MR) is 119 cm³/mol. The Morgan fingerprint density at radius 2 is 2.10 bits per heavy atom. The number of guanidine groups is 1. The molecule has 0 bridgehead atoms. The van der Waals surface area contributed by atoms with Gasteiger partial charge in [0.05, 0.1) is 11.8 Å². The Morgan fingerprint density at radius 3 is 2.77 bits per heavy atom. The molecule has 1 saturated heterocycles. The van der Waals surface area contributed by atoms with Crippen LogP contribution in [0, 0.1) is 6.92 Å². The number of nitrogens with zero attached hydrogens (tertiary/aromatic N) is 6. The average molecular weight is 423 g/mol. The van der Waals surface area contributed by atoms with E-state index in [0.29, 0.717) is 6.54 Å². The molecule has 4 rings (SSSR count). The third-order valence-electron chi connectivity index (χ3n) is 5.49. The third kappa shape index (κ3) is 5.69. The number of aromatic nitrogens is 5. The second-order valence-electron chi connectivity index (χ2n) is 7.70. The van der Waals surface area contributed by atoms with Gasteiger partial charge in [-0.1, -0.05) is 12.1 Å². The van der Waals surface area contributed by atoms with Gasteiger partial charge >= 0.3 is 0 Å². The first kappa shape index (κ1) is 21.0. The Balaban J connectivity index is 1.33. The zero-order valence-corrected chi connectivity index (χ0v) is 18.2. The molecule has 0 saturated carbocycles. The standard InChI is InChI=1S/C22H30N8O/c1-17-27-28-21(29(17)2)16-25-22(24-15-20-5-3-14-31-20)23-12-10-18-6-8-19(9-7-18)30-13-4-11-26-30/h4,6-9,11,13,20H,3,5,10,12,14-16H2,1-2H3,(H2,23,24,25). The first-order chi connectivity index (χ1) is 15.2. The normalized spacial score (nSPS) is 16.6. The zero-order chi connectivity index (χ0) is 21.5. The molecule has 0 radical (unpaired) electrons. The van der Waals surface area contributed by atoms with Crippen LogP contribution in [0.15, 0.2) is 47.7 Å². The van der Waals surface area contributed by atoms with Crippen LogP contribution in [0.25, 0.3) is 5.69 Å². The second kappa shape index (κ2) is 10.2. The maximum Gasteiger partial charge on any atom is 0.191 e. The Labute approximate surface area is 182 Å². The highest BCUT2D eigenvalue weighted by Crippen LogP contribution is 2.11. The van der Waals surface area contributed by atoms with Crippen molar-refractivity contribution in [3.8, 4) is 5.69 Å². The van der Waals surface area contributed by atoms with Crippen molar-refractivity contribution in [2.75, 3.05) is 19.7 Å². The molecule has 164 valence electrons. The van der Waals surface area contributed by atoms with Gasteiger partial charge in [0.15, 0.2) is 11.8 Å². The lowest BCUT2D eigenvalue weighted by molar-refractivity contribution is 0.114. The van der Waals surface area contributed by atoms with Crippen molar-refractivity contribution in [1.82, 2.24) is 35.2 Å². The summed E-state index contributed by atoms with van der Waals surface area (Å²) in [6.45, 7) is 4.78. The minimum absolute atomic E-state index is 0.249. The highest BCUT2D eigenvalue weighted by molar-refractivity contribution is 5.79. The van der Waals surface area contributed by atoms with Gasteiger partial charge in [-0.2, -0.15) is 5.10 Å². The molecule has 0 spiro atoms. The van der Waals surface area contributed by atoms with Crippen molar-refractivity contribution in [3.05, 3.63) is 59.9 Å². The minimum atomic E-state index is 0.249. The number of rotatable bonds is 8. The summed E-state index contributed by atoms with van der Waals surface area (Å²) in [4.78, 5) is 4.71. The first-order valence-electron chi connectivity index (χ1n) is 10.8. The van der Waals surface area contributed by atoms with Gasteiger partial charge in [0.25, 0.3) is 0 Å². The van der Waals surface area contributed by atoms with Gasteiger partial charge in [0.2, 0.25) is 0 Å². The molecule has 1 fully saturated rings. The van der Waals surface area contributed by atoms with E-state index in [9.17, 15) is 0 Å². The van der Waals surface area contributed by atoms with E-state index in [4.69, 9.17) is 9.73 Å². The second-order valence-corrected chi connectivity index (χ2v) is 7.70. The Morgan fingerprint density at radius 1 is 1.23 bits per heavy atom. The van der Waals surface area contributed by atoms with Crippen LogP contribution in [0.4, 0.5) is 0 Å². The van der Waals surface area contributed by atoms with Crippen molar-refractivity contribution in [1.29, 1.82) is 0 Å². The van der Waals surface area contributed by atoms with Gasteiger partial charge in [0.1, 0.15) is 12.4 Å². The lowest BCUT2D eigenvalue weighted by Crippen LogP contribution is -2.42. The number of hydrogen-bond acceptors (Lipinski definition) is 5. The van der Waals surface area contributed by atoms with Crippen molar-refractivity contribution in [2.24, 2.45) is 12.0 Å². The molecule has 1 atom stereocenters. The summed E-state index contributed by atoms with van der Waals surface area (Å²) in [6.07, 6.45) is 7.08. The Hall–Kier alpha value is -3.20. The molecular formula is C22H30N8O. The largest absolute Gasteiger partial charge is 0.376 e. The van der Waals surface area contributed by atoms with E-state index in [0.717, 1.165) is 62.3 Å². The van der Waals surface area contributed by atoms with Crippen LogP contribution in [0.3, 0.4) is 0 Å². The van der Waals surface area contributed by atoms with Crippen molar-refractivity contribution in [2.45, 2.75) is 38.8 Å². The van der Waals surface area contributed by atoms with Gasteiger partial charge in [-0.15, -0.1) is 10.2 Å². The summed E-state index contributed by atoms with van der Waals surface area (Å²) >= 11 is 0. The molecule has 3 aromatic rings. The number of aliphatic imine (C=N–C) groups is 1. The number of aryl methyl sites for hydroxylation is 1. The summed E-state index contributed by atoms with van der Waals surface area (Å²) in [5, 5.41) is 19.4. The highest BCUT2D eigenvalue weighted by atomic mass is 16.5. The Bertz CT molecular complexity index is 972. The summed E-state index contributed by atoms with van der Waals surface area (Å²) < 4.78 is 9.54. The number of benzene rings is 1. The SMILES string of the molecule is Cc1nnc(CN=C(NCCc2ccc(-n3cccn3)cc2)NCC2CCCO2)n1C. The van der Waals surface area contributed by atoms with Crippen LogP contribution < -0.4 is 10.6 Å². The molecule has 0 amide bonds. The van der Waals surface area contributed by atoms with Crippen molar-refractivity contribution < 1.29 is 4.74 Å². The van der Waals surface area contributed by atoms with E-state index in [2.05, 4.69) is 50.2 Å². The fraction of sp³-hybridized carbons (Fsp3) is 0.455. The van der Waals surface area contributed by atoms with Crippen LogP contribution in [0.2, 0.25) is 0 Å². The minimum Gasteiger partial charge on any atom is -0.376 e. The quantitative estimate of drug-likeness (QED) is 0.424. The average Bonchev–Trinajstić information content (AvgIpc) is 3.55. The topological polar surface area (TPSA) is 94.2 Å². The maximum atomic E-state index is 5.73. The van der Waals surface area contributed by atoms with Crippen LogP contribution in [0.1, 0.15) is 30.1 Å². The van der Waals surface area contributed by atoms with E-state index in [1.807, 2.05) is 35.5 Å². The van der Waals surface area contributed by atoms with Crippen molar-refractivity contribution >= 4 is 5.96 Å². The number of hydrogen-bond donors (Lipinski definition) is 2. The predicted octanol–water partition coefficient (Wildman–Crippen LogP) is 1.77. The van der Waals surface area contributed by atoms with E-state index >= 15 is 0 Å². The molecule has 2 aromatic heterocycles. The zero-order valence-electron chi connectivity index (χ0n) is 18.2. The molecule has 2 N–H and O–H groups in total. The fourth-order valence-electron chi connectivity index (χ4n) is 3.49. The monoisotopic (exact) mass is 422 g/mol. The van der Waals surface area contributed by atoms with E-state index < -0.39 is 0 Å². The van der Waals surface area contributed by atoms with E-state index in [-0.39, 0.29) is 6.10 Å².